The SMILES string of the molecule is COc1ccc(C(=Cc2ccc(C(=N)N)cc2)c2ccc(OC)cc2)cc1.Cl. The van der Waals surface area contributed by atoms with Crippen molar-refractivity contribution < 1.29 is 9.47 Å². The van der Waals surface area contributed by atoms with Crippen LogP contribution in [0.15, 0.2) is 72.8 Å². The standard InChI is InChI=1S/C23H22N2O2.ClH/c1-26-20-11-7-17(8-12-20)22(18-9-13-21(27-2)14-10-18)15-16-3-5-19(6-4-16)23(24)25;/h3-15H,1-2H3,(H3,24,25);1H. The second-order valence-corrected chi connectivity index (χ2v) is 6.05. The van der Waals surface area contributed by atoms with Gasteiger partial charge < -0.3 is 15.2 Å². The van der Waals surface area contributed by atoms with Crippen LogP contribution in [-0.4, -0.2) is 20.1 Å². The van der Waals surface area contributed by atoms with E-state index in [1.165, 1.54) is 0 Å². The third-order valence-electron chi connectivity index (χ3n) is 4.33. The second-order valence-electron chi connectivity index (χ2n) is 6.05. The van der Waals surface area contributed by atoms with Crippen molar-refractivity contribution in [1.82, 2.24) is 0 Å². The monoisotopic (exact) mass is 394 g/mol. The van der Waals surface area contributed by atoms with Gasteiger partial charge in [0.1, 0.15) is 17.3 Å². The number of rotatable bonds is 6. The Hall–Kier alpha value is -3.24. The summed E-state index contributed by atoms with van der Waals surface area (Å²) in [5.41, 5.74) is 10.5. The predicted molar refractivity (Wildman–Crippen MR) is 118 cm³/mol. The lowest BCUT2D eigenvalue weighted by Gasteiger charge is -2.11. The van der Waals surface area contributed by atoms with Crippen molar-refractivity contribution in [3.05, 3.63) is 95.1 Å². The molecule has 0 aromatic heterocycles. The van der Waals surface area contributed by atoms with E-state index >= 15 is 0 Å². The van der Waals surface area contributed by atoms with Crippen molar-refractivity contribution in [2.45, 2.75) is 0 Å². The van der Waals surface area contributed by atoms with E-state index in [9.17, 15) is 0 Å². The highest BCUT2D eigenvalue weighted by Crippen LogP contribution is 2.29. The minimum absolute atomic E-state index is 0. The minimum Gasteiger partial charge on any atom is -0.497 e. The first-order valence-corrected chi connectivity index (χ1v) is 8.55. The van der Waals surface area contributed by atoms with Crippen LogP contribution in [-0.2, 0) is 0 Å². The molecule has 0 saturated heterocycles. The van der Waals surface area contributed by atoms with Gasteiger partial charge in [-0.2, -0.15) is 0 Å². The number of nitrogen functional groups attached to an aromatic ring is 1. The summed E-state index contributed by atoms with van der Waals surface area (Å²) >= 11 is 0. The summed E-state index contributed by atoms with van der Waals surface area (Å²) in [5, 5.41) is 7.53. The number of halogens is 1. The first-order chi connectivity index (χ1) is 13.1. The zero-order valence-corrected chi connectivity index (χ0v) is 16.6. The Bertz CT molecular complexity index is 898. The van der Waals surface area contributed by atoms with Crippen LogP contribution in [0.4, 0.5) is 0 Å². The Kier molecular flexibility index (Phi) is 7.24. The summed E-state index contributed by atoms with van der Waals surface area (Å²) in [6.07, 6.45) is 2.12. The average molecular weight is 395 g/mol. The molecule has 0 unspecified atom stereocenters. The summed E-state index contributed by atoms with van der Waals surface area (Å²) in [7, 11) is 3.32. The van der Waals surface area contributed by atoms with Crippen LogP contribution in [0.2, 0.25) is 0 Å². The van der Waals surface area contributed by atoms with E-state index in [0.29, 0.717) is 5.56 Å². The molecule has 28 heavy (non-hydrogen) atoms. The van der Waals surface area contributed by atoms with Crippen molar-refractivity contribution in [2.75, 3.05) is 14.2 Å². The number of methoxy groups -OCH3 is 2. The van der Waals surface area contributed by atoms with Crippen LogP contribution in [0.1, 0.15) is 22.3 Å². The van der Waals surface area contributed by atoms with Gasteiger partial charge in [-0.25, -0.2) is 0 Å². The van der Waals surface area contributed by atoms with Gasteiger partial charge in [0.05, 0.1) is 14.2 Å². The van der Waals surface area contributed by atoms with E-state index in [1.54, 1.807) is 14.2 Å². The number of hydrogen-bond acceptors (Lipinski definition) is 3. The third-order valence-corrected chi connectivity index (χ3v) is 4.33. The molecule has 0 amide bonds. The minimum atomic E-state index is 0. The first-order valence-electron chi connectivity index (χ1n) is 8.55. The molecule has 3 aromatic carbocycles. The molecule has 0 fully saturated rings. The summed E-state index contributed by atoms with van der Waals surface area (Å²) < 4.78 is 10.5. The molecule has 0 spiro atoms. The van der Waals surface area contributed by atoms with Crippen LogP contribution in [0.3, 0.4) is 0 Å². The zero-order valence-electron chi connectivity index (χ0n) is 15.8. The molecule has 0 heterocycles. The van der Waals surface area contributed by atoms with Gasteiger partial charge in [-0.05, 0) is 52.6 Å². The number of benzene rings is 3. The fraction of sp³-hybridized carbons (Fsp3) is 0.0870. The highest BCUT2D eigenvalue weighted by atomic mass is 35.5. The van der Waals surface area contributed by atoms with Crippen molar-refractivity contribution in [3.63, 3.8) is 0 Å². The van der Waals surface area contributed by atoms with E-state index < -0.39 is 0 Å². The van der Waals surface area contributed by atoms with Gasteiger partial charge >= 0.3 is 0 Å². The van der Waals surface area contributed by atoms with E-state index in [0.717, 1.165) is 33.8 Å². The van der Waals surface area contributed by atoms with Crippen LogP contribution < -0.4 is 15.2 Å². The van der Waals surface area contributed by atoms with Crippen molar-refractivity contribution >= 4 is 29.9 Å². The average Bonchev–Trinajstić information content (AvgIpc) is 2.72. The molecule has 0 atom stereocenters. The summed E-state index contributed by atoms with van der Waals surface area (Å²) in [5.74, 6) is 1.70. The fourth-order valence-corrected chi connectivity index (χ4v) is 2.80. The lowest BCUT2D eigenvalue weighted by Crippen LogP contribution is -2.10. The first kappa shape index (κ1) is 21.1. The highest BCUT2D eigenvalue weighted by Gasteiger charge is 2.07. The van der Waals surface area contributed by atoms with Crippen molar-refractivity contribution in [1.29, 1.82) is 5.41 Å². The molecule has 0 saturated carbocycles. The van der Waals surface area contributed by atoms with Gasteiger partial charge in [-0.15, -0.1) is 12.4 Å². The van der Waals surface area contributed by atoms with Crippen LogP contribution >= 0.6 is 12.4 Å². The summed E-state index contributed by atoms with van der Waals surface area (Å²) in [6.45, 7) is 0. The molecule has 144 valence electrons. The highest BCUT2D eigenvalue weighted by molar-refractivity contribution is 5.96. The largest absolute Gasteiger partial charge is 0.497 e. The number of nitrogens with one attached hydrogen (secondary N) is 1. The molecule has 3 aromatic rings. The Labute approximate surface area is 171 Å². The van der Waals surface area contributed by atoms with Gasteiger partial charge in [-0.1, -0.05) is 48.5 Å². The Morgan fingerprint density at radius 3 is 1.46 bits per heavy atom. The smallest absolute Gasteiger partial charge is 0.122 e. The van der Waals surface area contributed by atoms with Crippen molar-refractivity contribution in [2.24, 2.45) is 5.73 Å². The molecule has 4 nitrogen and oxygen atoms in total. The molecule has 0 radical (unpaired) electrons. The van der Waals surface area contributed by atoms with Crippen molar-refractivity contribution in [3.8, 4) is 11.5 Å². The molecule has 3 N–H and O–H groups in total. The molecule has 0 bridgehead atoms. The quantitative estimate of drug-likeness (QED) is 0.351. The molecule has 0 aliphatic heterocycles. The van der Waals surface area contributed by atoms with E-state index in [4.69, 9.17) is 20.6 Å². The number of nitrogens with two attached hydrogens (primary N) is 1. The van der Waals surface area contributed by atoms with Crippen LogP contribution in [0, 0.1) is 5.41 Å². The number of hydrogen-bond donors (Lipinski definition) is 2. The molecule has 3 rings (SSSR count). The molecular weight excluding hydrogens is 372 g/mol. The lowest BCUT2D eigenvalue weighted by atomic mass is 9.95. The summed E-state index contributed by atoms with van der Waals surface area (Å²) in [6, 6.07) is 23.6. The van der Waals surface area contributed by atoms with Gasteiger partial charge in [0.25, 0.3) is 0 Å². The maximum absolute atomic E-state index is 7.53. The van der Waals surface area contributed by atoms with Gasteiger partial charge in [-0.3, -0.25) is 5.41 Å². The maximum atomic E-state index is 7.53. The zero-order chi connectivity index (χ0) is 19.2. The predicted octanol–water partition coefficient (Wildman–Crippen LogP) is 5.00. The van der Waals surface area contributed by atoms with E-state index in [1.807, 2.05) is 72.8 Å². The van der Waals surface area contributed by atoms with E-state index in [-0.39, 0.29) is 18.2 Å². The Morgan fingerprint density at radius 1 is 0.714 bits per heavy atom. The van der Waals surface area contributed by atoms with E-state index in [2.05, 4.69) is 6.08 Å². The number of ether oxygens (including phenoxy) is 2. The maximum Gasteiger partial charge on any atom is 0.122 e. The summed E-state index contributed by atoms with van der Waals surface area (Å²) in [4.78, 5) is 0. The normalized spacial score (nSPS) is 9.79. The Morgan fingerprint density at radius 2 is 1.11 bits per heavy atom. The van der Waals surface area contributed by atoms with Gasteiger partial charge in [0, 0.05) is 5.56 Å². The molecule has 0 aliphatic carbocycles. The van der Waals surface area contributed by atoms with Gasteiger partial charge in [0.2, 0.25) is 0 Å². The number of amidine groups is 1. The van der Waals surface area contributed by atoms with Gasteiger partial charge in [0.15, 0.2) is 0 Å². The van der Waals surface area contributed by atoms with Crippen LogP contribution in [0.5, 0.6) is 11.5 Å². The third kappa shape index (κ3) is 4.93. The molecule has 5 heteroatoms. The second kappa shape index (κ2) is 9.62. The fourth-order valence-electron chi connectivity index (χ4n) is 2.80. The molecular formula is C23H23ClN2O2. The lowest BCUT2D eigenvalue weighted by molar-refractivity contribution is 0.414. The Balaban J connectivity index is 0.00000280. The topological polar surface area (TPSA) is 68.3 Å². The van der Waals surface area contributed by atoms with Crippen LogP contribution in [0.25, 0.3) is 11.6 Å². The molecule has 0 aliphatic rings.